The van der Waals surface area contributed by atoms with Crippen molar-refractivity contribution in [3.8, 4) is 0 Å². The van der Waals surface area contributed by atoms with Crippen molar-refractivity contribution in [3.05, 3.63) is 12.2 Å². The number of amides is 1. The van der Waals surface area contributed by atoms with Gasteiger partial charge in [0.2, 0.25) is 5.91 Å². The van der Waals surface area contributed by atoms with E-state index in [1.54, 1.807) is 0 Å². The van der Waals surface area contributed by atoms with Gasteiger partial charge in [-0.3, -0.25) is 4.79 Å². The molecule has 0 radical (unpaired) electrons. The molecule has 1 unspecified atom stereocenters. The minimum absolute atomic E-state index is 0.0880. The van der Waals surface area contributed by atoms with E-state index in [0.717, 1.165) is 19.4 Å². The number of nitrogens with one attached hydrogen (secondary N) is 1. The molecule has 1 amide bonds. The van der Waals surface area contributed by atoms with E-state index in [4.69, 9.17) is 4.74 Å². The highest BCUT2D eigenvalue weighted by Gasteiger charge is 2.18. The van der Waals surface area contributed by atoms with Crippen LogP contribution < -0.4 is 5.32 Å². The van der Waals surface area contributed by atoms with Crippen LogP contribution in [-0.2, 0) is 9.53 Å². The standard InChI is InChI=1S/C10H17NO2/c1-2-3-6-11-10(12)8-9-5-4-7-13-9/h2-3,9H,4-8H2,1H3,(H,11,12)/b3-2+. The van der Waals surface area contributed by atoms with Crippen LogP contribution in [0.3, 0.4) is 0 Å². The number of rotatable bonds is 4. The third-order valence-electron chi connectivity index (χ3n) is 2.09. The molecule has 0 aromatic carbocycles. The number of allylic oxidation sites excluding steroid dienone is 1. The lowest BCUT2D eigenvalue weighted by molar-refractivity contribution is -0.123. The van der Waals surface area contributed by atoms with Crippen molar-refractivity contribution in [2.24, 2.45) is 0 Å². The monoisotopic (exact) mass is 183 g/mol. The molecule has 0 spiro atoms. The minimum atomic E-state index is 0.0880. The Morgan fingerprint density at radius 3 is 3.15 bits per heavy atom. The first kappa shape index (κ1) is 10.3. The molecule has 3 heteroatoms. The maximum Gasteiger partial charge on any atom is 0.222 e. The molecule has 0 saturated carbocycles. The fourth-order valence-electron chi connectivity index (χ4n) is 1.37. The second kappa shape index (κ2) is 5.75. The van der Waals surface area contributed by atoms with Gasteiger partial charge in [0, 0.05) is 13.2 Å². The summed E-state index contributed by atoms with van der Waals surface area (Å²) < 4.78 is 5.35. The van der Waals surface area contributed by atoms with Gasteiger partial charge in [-0.2, -0.15) is 0 Å². The van der Waals surface area contributed by atoms with Gasteiger partial charge >= 0.3 is 0 Å². The summed E-state index contributed by atoms with van der Waals surface area (Å²) in [6, 6.07) is 0. The molecule has 1 aliphatic rings. The Morgan fingerprint density at radius 2 is 2.54 bits per heavy atom. The maximum atomic E-state index is 11.2. The van der Waals surface area contributed by atoms with Crippen molar-refractivity contribution < 1.29 is 9.53 Å². The number of ether oxygens (including phenoxy) is 1. The maximum absolute atomic E-state index is 11.2. The summed E-state index contributed by atoms with van der Waals surface area (Å²) >= 11 is 0. The lowest BCUT2D eigenvalue weighted by atomic mass is 10.2. The van der Waals surface area contributed by atoms with Gasteiger partial charge in [-0.15, -0.1) is 0 Å². The van der Waals surface area contributed by atoms with Crippen LogP contribution in [0.2, 0.25) is 0 Å². The van der Waals surface area contributed by atoms with E-state index in [1.165, 1.54) is 0 Å². The van der Waals surface area contributed by atoms with Crippen molar-refractivity contribution in [1.82, 2.24) is 5.32 Å². The summed E-state index contributed by atoms with van der Waals surface area (Å²) in [5.74, 6) is 0.0880. The summed E-state index contributed by atoms with van der Waals surface area (Å²) in [6.07, 6.45) is 6.63. The molecule has 0 aliphatic carbocycles. The quantitative estimate of drug-likeness (QED) is 0.666. The molecule has 1 saturated heterocycles. The predicted molar refractivity (Wildman–Crippen MR) is 51.4 cm³/mol. The molecule has 1 atom stereocenters. The van der Waals surface area contributed by atoms with Crippen molar-refractivity contribution >= 4 is 5.91 Å². The molecular formula is C10H17NO2. The van der Waals surface area contributed by atoms with E-state index in [-0.39, 0.29) is 12.0 Å². The fraction of sp³-hybridized carbons (Fsp3) is 0.700. The molecule has 3 nitrogen and oxygen atoms in total. The molecule has 1 aliphatic heterocycles. The molecule has 13 heavy (non-hydrogen) atoms. The second-order valence-electron chi connectivity index (χ2n) is 3.21. The third-order valence-corrected chi connectivity index (χ3v) is 2.09. The smallest absolute Gasteiger partial charge is 0.222 e. The SMILES string of the molecule is C/C=C/CNC(=O)CC1CCCO1. The van der Waals surface area contributed by atoms with Crippen LogP contribution in [0, 0.1) is 0 Å². The van der Waals surface area contributed by atoms with E-state index in [0.29, 0.717) is 13.0 Å². The van der Waals surface area contributed by atoms with Crippen LogP contribution in [0.1, 0.15) is 26.2 Å². The second-order valence-corrected chi connectivity index (χ2v) is 3.21. The van der Waals surface area contributed by atoms with Gasteiger partial charge < -0.3 is 10.1 Å². The minimum Gasteiger partial charge on any atom is -0.378 e. The molecule has 0 aromatic rings. The first-order valence-corrected chi connectivity index (χ1v) is 4.82. The van der Waals surface area contributed by atoms with Gasteiger partial charge in [0.05, 0.1) is 12.5 Å². The van der Waals surface area contributed by atoms with Crippen LogP contribution in [0.5, 0.6) is 0 Å². The highest BCUT2D eigenvalue weighted by molar-refractivity contribution is 5.76. The van der Waals surface area contributed by atoms with E-state index >= 15 is 0 Å². The average Bonchev–Trinajstić information content (AvgIpc) is 2.57. The summed E-state index contributed by atoms with van der Waals surface area (Å²) in [6.45, 7) is 3.38. The van der Waals surface area contributed by atoms with Gasteiger partial charge in [0.1, 0.15) is 0 Å². The molecule has 74 valence electrons. The summed E-state index contributed by atoms with van der Waals surface area (Å²) in [4.78, 5) is 11.2. The van der Waals surface area contributed by atoms with Crippen LogP contribution in [0.4, 0.5) is 0 Å². The molecule has 0 aromatic heterocycles. The number of hydrogen-bond donors (Lipinski definition) is 1. The first-order valence-electron chi connectivity index (χ1n) is 4.82. The molecular weight excluding hydrogens is 166 g/mol. The largest absolute Gasteiger partial charge is 0.378 e. The van der Waals surface area contributed by atoms with E-state index in [1.807, 2.05) is 19.1 Å². The molecule has 1 heterocycles. The Labute approximate surface area is 79.2 Å². The Morgan fingerprint density at radius 1 is 1.69 bits per heavy atom. The zero-order chi connectivity index (χ0) is 9.52. The number of carbonyl (C=O) groups is 1. The molecule has 1 N–H and O–H groups in total. The van der Waals surface area contributed by atoms with Crippen molar-refractivity contribution in [1.29, 1.82) is 0 Å². The number of hydrogen-bond acceptors (Lipinski definition) is 2. The zero-order valence-electron chi connectivity index (χ0n) is 8.08. The Balaban J connectivity index is 2.09. The zero-order valence-corrected chi connectivity index (χ0v) is 8.08. The molecule has 0 bridgehead atoms. The average molecular weight is 183 g/mol. The van der Waals surface area contributed by atoms with Crippen LogP contribution in [0.25, 0.3) is 0 Å². The fourth-order valence-corrected chi connectivity index (χ4v) is 1.37. The van der Waals surface area contributed by atoms with Crippen LogP contribution in [-0.4, -0.2) is 25.2 Å². The van der Waals surface area contributed by atoms with Crippen molar-refractivity contribution in [3.63, 3.8) is 0 Å². The number of carbonyl (C=O) groups excluding carboxylic acids is 1. The van der Waals surface area contributed by atoms with Crippen LogP contribution >= 0.6 is 0 Å². The Bertz CT molecular complexity index is 183. The Hall–Kier alpha value is -0.830. The summed E-state index contributed by atoms with van der Waals surface area (Å²) in [5.41, 5.74) is 0. The third kappa shape index (κ3) is 4.08. The first-order chi connectivity index (χ1) is 6.33. The van der Waals surface area contributed by atoms with E-state index in [2.05, 4.69) is 5.32 Å². The van der Waals surface area contributed by atoms with Gasteiger partial charge in [-0.05, 0) is 19.8 Å². The summed E-state index contributed by atoms with van der Waals surface area (Å²) in [5, 5.41) is 2.80. The summed E-state index contributed by atoms with van der Waals surface area (Å²) in [7, 11) is 0. The molecule has 1 fully saturated rings. The predicted octanol–water partition coefficient (Wildman–Crippen LogP) is 1.25. The Kier molecular flexibility index (Phi) is 4.54. The highest BCUT2D eigenvalue weighted by Crippen LogP contribution is 2.14. The van der Waals surface area contributed by atoms with Gasteiger partial charge in [0.15, 0.2) is 0 Å². The van der Waals surface area contributed by atoms with Crippen molar-refractivity contribution in [2.45, 2.75) is 32.3 Å². The van der Waals surface area contributed by atoms with E-state index < -0.39 is 0 Å². The topological polar surface area (TPSA) is 38.3 Å². The van der Waals surface area contributed by atoms with E-state index in [9.17, 15) is 4.79 Å². The lowest BCUT2D eigenvalue weighted by Crippen LogP contribution is -2.27. The van der Waals surface area contributed by atoms with Gasteiger partial charge in [0.25, 0.3) is 0 Å². The van der Waals surface area contributed by atoms with Crippen molar-refractivity contribution in [2.75, 3.05) is 13.2 Å². The normalized spacial score (nSPS) is 22.4. The van der Waals surface area contributed by atoms with Crippen LogP contribution in [0.15, 0.2) is 12.2 Å². The lowest BCUT2D eigenvalue weighted by Gasteiger charge is -2.08. The highest BCUT2D eigenvalue weighted by atomic mass is 16.5. The van der Waals surface area contributed by atoms with Gasteiger partial charge in [-0.1, -0.05) is 12.2 Å². The molecule has 1 rings (SSSR count). The van der Waals surface area contributed by atoms with Gasteiger partial charge in [-0.25, -0.2) is 0 Å².